The van der Waals surface area contributed by atoms with E-state index in [9.17, 15) is 4.79 Å². The summed E-state index contributed by atoms with van der Waals surface area (Å²) in [6.45, 7) is 1.58. The van der Waals surface area contributed by atoms with Gasteiger partial charge in [0.15, 0.2) is 5.58 Å². The first-order chi connectivity index (χ1) is 15.1. The summed E-state index contributed by atoms with van der Waals surface area (Å²) in [7, 11) is 3.25. The van der Waals surface area contributed by atoms with Crippen molar-refractivity contribution in [2.45, 2.75) is 6.92 Å². The molecule has 0 amide bonds. The van der Waals surface area contributed by atoms with E-state index < -0.39 is 0 Å². The van der Waals surface area contributed by atoms with Crippen LogP contribution in [0.5, 0.6) is 11.5 Å². The predicted octanol–water partition coefficient (Wildman–Crippen LogP) is 6.52. The molecule has 5 nitrogen and oxygen atoms in total. The van der Waals surface area contributed by atoms with E-state index >= 15 is 0 Å². The highest BCUT2D eigenvalue weighted by Crippen LogP contribution is 2.47. The van der Waals surface area contributed by atoms with Crippen LogP contribution < -0.4 is 9.47 Å². The Bertz CT molecular complexity index is 1690. The second kappa shape index (κ2) is 6.25. The van der Waals surface area contributed by atoms with Gasteiger partial charge in [0.1, 0.15) is 22.6 Å². The number of ether oxygens (including phenoxy) is 2. The first kappa shape index (κ1) is 17.8. The van der Waals surface area contributed by atoms with Gasteiger partial charge in [-0.1, -0.05) is 42.5 Å². The van der Waals surface area contributed by atoms with E-state index in [0.29, 0.717) is 22.7 Å². The van der Waals surface area contributed by atoms with Crippen molar-refractivity contribution in [1.29, 1.82) is 0 Å². The van der Waals surface area contributed by atoms with Crippen LogP contribution in [-0.2, 0) is 0 Å². The first-order valence-corrected chi connectivity index (χ1v) is 10.1. The van der Waals surface area contributed by atoms with Gasteiger partial charge < -0.3 is 13.9 Å². The number of benzene rings is 4. The monoisotopic (exact) mass is 409 g/mol. The molecular formula is C26H19NO4. The van der Waals surface area contributed by atoms with Crippen molar-refractivity contribution in [3.63, 3.8) is 0 Å². The molecule has 0 bridgehead atoms. The number of aromatic nitrogens is 1. The van der Waals surface area contributed by atoms with E-state index in [4.69, 9.17) is 13.9 Å². The minimum Gasteiger partial charge on any atom is -0.496 e. The van der Waals surface area contributed by atoms with Gasteiger partial charge >= 0.3 is 0 Å². The molecule has 0 aliphatic carbocycles. The highest BCUT2D eigenvalue weighted by atomic mass is 16.5. The Morgan fingerprint density at radius 1 is 0.839 bits per heavy atom. The average molecular weight is 409 g/mol. The number of carbonyl (C=O) groups excluding carboxylic acids is 1. The average Bonchev–Trinajstić information content (AvgIpc) is 3.35. The normalized spacial score (nSPS) is 11.8. The van der Waals surface area contributed by atoms with E-state index in [0.717, 1.165) is 43.4 Å². The lowest BCUT2D eigenvalue weighted by Gasteiger charge is -2.07. The van der Waals surface area contributed by atoms with Crippen molar-refractivity contribution in [3.8, 4) is 11.5 Å². The molecule has 0 N–H and O–H groups in total. The van der Waals surface area contributed by atoms with Gasteiger partial charge in [0.25, 0.3) is 0 Å². The summed E-state index contributed by atoms with van der Waals surface area (Å²) in [6, 6.07) is 19.9. The number of carbonyl (C=O) groups is 1. The summed E-state index contributed by atoms with van der Waals surface area (Å²) in [5, 5.41) is 5.97. The summed E-state index contributed by atoms with van der Waals surface area (Å²) < 4.78 is 19.4. The van der Waals surface area contributed by atoms with Gasteiger partial charge in [-0.15, -0.1) is 0 Å². The molecular weight excluding hydrogens is 390 g/mol. The van der Waals surface area contributed by atoms with Crippen LogP contribution in [-0.4, -0.2) is 24.7 Å². The molecule has 0 saturated heterocycles. The predicted molar refractivity (Wildman–Crippen MR) is 124 cm³/mol. The Kier molecular flexibility index (Phi) is 3.60. The van der Waals surface area contributed by atoms with Crippen LogP contribution in [0.25, 0.3) is 54.5 Å². The lowest BCUT2D eigenvalue weighted by molar-refractivity contribution is 0.0946. The summed E-state index contributed by atoms with van der Waals surface area (Å²) in [5.41, 5.74) is 2.97. The van der Waals surface area contributed by atoms with Gasteiger partial charge in [-0.25, -0.2) is 0 Å². The van der Waals surface area contributed by atoms with Crippen LogP contribution in [0, 0.1) is 0 Å². The number of methoxy groups -OCH3 is 2. The molecule has 31 heavy (non-hydrogen) atoms. The Hall–Kier alpha value is -3.99. The highest BCUT2D eigenvalue weighted by Gasteiger charge is 2.25. The van der Waals surface area contributed by atoms with Crippen LogP contribution >= 0.6 is 0 Å². The second-order valence-corrected chi connectivity index (χ2v) is 7.65. The zero-order valence-electron chi connectivity index (χ0n) is 17.4. The third-order valence-electron chi connectivity index (χ3n) is 6.05. The summed E-state index contributed by atoms with van der Waals surface area (Å²) in [6.07, 6.45) is 0. The zero-order valence-corrected chi connectivity index (χ0v) is 17.4. The molecule has 0 unspecified atom stereocenters. The number of rotatable bonds is 2. The minimum absolute atomic E-state index is 0.0622. The molecule has 6 aromatic rings. The largest absolute Gasteiger partial charge is 0.496 e. The Morgan fingerprint density at radius 2 is 1.52 bits per heavy atom. The summed E-state index contributed by atoms with van der Waals surface area (Å²) >= 11 is 0. The molecule has 2 heterocycles. The molecule has 0 spiro atoms. The molecule has 0 fully saturated rings. The standard InChI is InChI=1S/C26H19NO4/c1-14(28)27-19-11-7-6-10-18(19)22-16-8-4-5-9-17(16)23-24-20(30-3)12-15(29-2)13-21(24)31-26(23)25(22)27/h4-13H,1-3H3. The van der Waals surface area contributed by atoms with Crippen molar-refractivity contribution in [3.05, 3.63) is 60.7 Å². The Balaban J connectivity index is 2.02. The molecule has 152 valence electrons. The minimum atomic E-state index is -0.0622. The molecule has 2 aromatic heterocycles. The molecule has 0 atom stereocenters. The number of furan rings is 1. The van der Waals surface area contributed by atoms with Crippen molar-refractivity contribution in [2.24, 2.45) is 0 Å². The fraction of sp³-hybridized carbons (Fsp3) is 0.115. The maximum atomic E-state index is 12.8. The fourth-order valence-corrected chi connectivity index (χ4v) is 4.84. The molecule has 0 aliphatic heterocycles. The van der Waals surface area contributed by atoms with Crippen molar-refractivity contribution >= 4 is 60.4 Å². The van der Waals surface area contributed by atoms with E-state index in [1.165, 1.54) is 0 Å². The summed E-state index contributed by atoms with van der Waals surface area (Å²) in [5.74, 6) is 1.26. The van der Waals surface area contributed by atoms with Gasteiger partial charge in [-0.05, 0) is 16.8 Å². The van der Waals surface area contributed by atoms with Crippen molar-refractivity contribution in [2.75, 3.05) is 14.2 Å². The molecule has 5 heteroatoms. The van der Waals surface area contributed by atoms with Crippen LogP contribution in [0.4, 0.5) is 0 Å². The van der Waals surface area contributed by atoms with Crippen LogP contribution in [0.2, 0.25) is 0 Å². The van der Waals surface area contributed by atoms with Crippen molar-refractivity contribution in [1.82, 2.24) is 4.57 Å². The van der Waals surface area contributed by atoms with E-state index in [-0.39, 0.29) is 5.91 Å². The van der Waals surface area contributed by atoms with Crippen molar-refractivity contribution < 1.29 is 18.7 Å². The fourth-order valence-electron chi connectivity index (χ4n) is 4.84. The van der Waals surface area contributed by atoms with Gasteiger partial charge in [0.05, 0.1) is 25.1 Å². The zero-order chi connectivity index (χ0) is 21.3. The lowest BCUT2D eigenvalue weighted by Crippen LogP contribution is -2.04. The van der Waals surface area contributed by atoms with Crippen LogP contribution in [0.3, 0.4) is 0 Å². The van der Waals surface area contributed by atoms with E-state index in [1.54, 1.807) is 25.7 Å². The quantitative estimate of drug-likeness (QED) is 0.326. The lowest BCUT2D eigenvalue weighted by atomic mass is 9.98. The molecule has 0 radical (unpaired) electrons. The number of hydrogen-bond donors (Lipinski definition) is 0. The third kappa shape index (κ3) is 2.23. The second-order valence-electron chi connectivity index (χ2n) is 7.65. The smallest absolute Gasteiger partial charge is 0.228 e. The molecule has 0 saturated carbocycles. The Morgan fingerprint density at radius 3 is 2.19 bits per heavy atom. The van der Waals surface area contributed by atoms with Gasteiger partial charge in [-0.3, -0.25) is 9.36 Å². The molecule has 6 rings (SSSR count). The highest BCUT2D eigenvalue weighted by molar-refractivity contribution is 6.36. The van der Waals surface area contributed by atoms with E-state index in [2.05, 4.69) is 18.2 Å². The third-order valence-corrected chi connectivity index (χ3v) is 6.05. The maximum absolute atomic E-state index is 12.8. The van der Waals surface area contributed by atoms with Crippen LogP contribution in [0.1, 0.15) is 11.7 Å². The molecule has 4 aromatic carbocycles. The number of fused-ring (bicyclic) bond motifs is 10. The topological polar surface area (TPSA) is 53.6 Å². The SMILES string of the molecule is COc1cc(OC)c2c(c1)oc1c2c2ccccc2c2c3ccccc3n(C(C)=O)c12. The molecule has 0 aliphatic rings. The first-order valence-electron chi connectivity index (χ1n) is 10.1. The number of nitrogens with zero attached hydrogens (tertiary/aromatic N) is 1. The van der Waals surface area contributed by atoms with Gasteiger partial charge in [0.2, 0.25) is 5.91 Å². The van der Waals surface area contributed by atoms with Gasteiger partial charge in [-0.2, -0.15) is 0 Å². The van der Waals surface area contributed by atoms with Crippen LogP contribution in [0.15, 0.2) is 65.1 Å². The maximum Gasteiger partial charge on any atom is 0.228 e. The van der Waals surface area contributed by atoms with Gasteiger partial charge in [0, 0.05) is 35.2 Å². The number of para-hydroxylation sites is 1. The summed E-state index contributed by atoms with van der Waals surface area (Å²) in [4.78, 5) is 12.8. The van der Waals surface area contributed by atoms with E-state index in [1.807, 2.05) is 42.5 Å². The number of hydrogen-bond acceptors (Lipinski definition) is 4. The Labute approximate surface area is 177 Å².